The number of hydrogen-bond donors (Lipinski definition) is 1. The lowest BCUT2D eigenvalue weighted by Gasteiger charge is -2.38. The van der Waals surface area contributed by atoms with E-state index in [1.54, 1.807) is 0 Å². The number of hydrogen-bond acceptors (Lipinski definition) is 4. The Labute approximate surface area is 140 Å². The molecule has 1 aliphatic carbocycles. The average Bonchev–Trinajstić information content (AvgIpc) is 3.10. The van der Waals surface area contributed by atoms with E-state index in [9.17, 15) is 4.79 Å². The molecule has 5 nitrogen and oxygen atoms in total. The highest BCUT2D eigenvalue weighted by atomic mass is 16.5. The molecule has 1 atom stereocenters. The third-order valence-corrected chi connectivity index (χ3v) is 5.78. The Morgan fingerprint density at radius 3 is 2.17 bits per heavy atom. The lowest BCUT2D eigenvalue weighted by Crippen LogP contribution is -2.47. The van der Waals surface area contributed by atoms with Gasteiger partial charge in [0.1, 0.15) is 6.23 Å². The highest BCUT2D eigenvalue weighted by Crippen LogP contribution is 2.28. The topological polar surface area (TPSA) is 53.0 Å². The van der Waals surface area contributed by atoms with Crippen molar-refractivity contribution < 1.29 is 14.6 Å². The van der Waals surface area contributed by atoms with E-state index < -0.39 is 5.97 Å². The van der Waals surface area contributed by atoms with Gasteiger partial charge in [-0.05, 0) is 64.5 Å². The second-order valence-electron chi connectivity index (χ2n) is 7.51. The van der Waals surface area contributed by atoms with Crippen molar-refractivity contribution in [2.24, 2.45) is 5.92 Å². The van der Waals surface area contributed by atoms with E-state index in [-0.39, 0.29) is 18.2 Å². The maximum Gasteiger partial charge on any atom is 0.306 e. The molecule has 1 saturated carbocycles. The van der Waals surface area contributed by atoms with Crippen molar-refractivity contribution in [1.29, 1.82) is 0 Å². The normalized spacial score (nSPS) is 32.0. The summed E-state index contributed by atoms with van der Waals surface area (Å²) in [4.78, 5) is 16.2. The second-order valence-corrected chi connectivity index (χ2v) is 7.51. The minimum Gasteiger partial charge on any atom is -0.481 e. The SMILES string of the molecule is O=C(O)C1CCC(OC(CN2CCCCC2)N2CCCC2)CC1. The van der Waals surface area contributed by atoms with Crippen LogP contribution < -0.4 is 0 Å². The lowest BCUT2D eigenvalue weighted by molar-refractivity contribution is -0.147. The summed E-state index contributed by atoms with van der Waals surface area (Å²) < 4.78 is 6.50. The minimum absolute atomic E-state index is 0.151. The molecule has 1 N–H and O–H groups in total. The molecule has 0 spiro atoms. The first kappa shape index (κ1) is 17.2. The molecule has 2 aliphatic heterocycles. The van der Waals surface area contributed by atoms with Crippen LogP contribution in [0.25, 0.3) is 0 Å². The van der Waals surface area contributed by atoms with Gasteiger partial charge in [0.25, 0.3) is 0 Å². The Balaban J connectivity index is 1.52. The van der Waals surface area contributed by atoms with Crippen molar-refractivity contribution >= 4 is 5.97 Å². The third-order valence-electron chi connectivity index (χ3n) is 5.78. The number of nitrogens with zero attached hydrogens (tertiary/aromatic N) is 2. The maximum atomic E-state index is 11.1. The molecule has 0 bridgehead atoms. The third kappa shape index (κ3) is 4.91. The van der Waals surface area contributed by atoms with Crippen molar-refractivity contribution in [3.63, 3.8) is 0 Å². The molecule has 3 rings (SSSR count). The zero-order valence-electron chi connectivity index (χ0n) is 14.3. The van der Waals surface area contributed by atoms with E-state index in [2.05, 4.69) is 9.80 Å². The summed E-state index contributed by atoms with van der Waals surface area (Å²) in [6.07, 6.45) is 10.4. The molecule has 0 radical (unpaired) electrons. The van der Waals surface area contributed by atoms with Crippen LogP contribution in [0.5, 0.6) is 0 Å². The van der Waals surface area contributed by atoms with Crippen molar-refractivity contribution in [2.45, 2.75) is 70.1 Å². The molecule has 0 amide bonds. The Hall–Kier alpha value is -0.650. The van der Waals surface area contributed by atoms with Crippen LogP contribution >= 0.6 is 0 Å². The quantitative estimate of drug-likeness (QED) is 0.814. The van der Waals surface area contributed by atoms with E-state index in [0.717, 1.165) is 45.3 Å². The van der Waals surface area contributed by atoms with Crippen molar-refractivity contribution in [3.8, 4) is 0 Å². The van der Waals surface area contributed by atoms with Gasteiger partial charge in [-0.1, -0.05) is 6.42 Å². The Bertz CT molecular complexity index is 370. The summed E-state index contributed by atoms with van der Waals surface area (Å²) in [6, 6.07) is 0. The van der Waals surface area contributed by atoms with Crippen LogP contribution in [0, 0.1) is 5.92 Å². The fraction of sp³-hybridized carbons (Fsp3) is 0.944. The smallest absolute Gasteiger partial charge is 0.306 e. The molecule has 2 saturated heterocycles. The van der Waals surface area contributed by atoms with Gasteiger partial charge >= 0.3 is 5.97 Å². The zero-order valence-corrected chi connectivity index (χ0v) is 14.3. The predicted molar refractivity (Wildman–Crippen MR) is 89.4 cm³/mol. The Kier molecular flexibility index (Phi) is 6.31. The molecule has 3 fully saturated rings. The number of piperidine rings is 1. The standard InChI is InChI=1S/C18H32N2O3/c21-18(22)15-6-8-16(9-7-15)23-17(20-12-4-5-13-20)14-19-10-2-1-3-11-19/h15-17H,1-14H2,(H,21,22). The second kappa shape index (κ2) is 8.45. The summed E-state index contributed by atoms with van der Waals surface area (Å²) in [5.74, 6) is -0.782. The molecule has 1 unspecified atom stereocenters. The van der Waals surface area contributed by atoms with Gasteiger partial charge in [0.2, 0.25) is 0 Å². The van der Waals surface area contributed by atoms with Gasteiger partial charge in [0.15, 0.2) is 0 Å². The van der Waals surface area contributed by atoms with Crippen LogP contribution in [0.15, 0.2) is 0 Å². The van der Waals surface area contributed by atoms with Crippen molar-refractivity contribution in [3.05, 3.63) is 0 Å². The van der Waals surface area contributed by atoms with Crippen LogP contribution in [-0.2, 0) is 9.53 Å². The molecule has 0 aromatic carbocycles. The minimum atomic E-state index is -0.632. The maximum absolute atomic E-state index is 11.1. The summed E-state index contributed by atoms with van der Waals surface area (Å²) in [6.45, 7) is 5.75. The number of likely N-dealkylation sites (tertiary alicyclic amines) is 2. The largest absolute Gasteiger partial charge is 0.481 e. The average molecular weight is 324 g/mol. The van der Waals surface area contributed by atoms with Crippen LogP contribution in [0.1, 0.15) is 57.8 Å². The summed E-state index contributed by atoms with van der Waals surface area (Å²) in [7, 11) is 0. The van der Waals surface area contributed by atoms with E-state index >= 15 is 0 Å². The fourth-order valence-corrected chi connectivity index (χ4v) is 4.31. The number of aliphatic carboxylic acids is 1. The predicted octanol–water partition coefficient (Wildman–Crippen LogP) is 2.55. The summed E-state index contributed by atoms with van der Waals surface area (Å²) in [5.41, 5.74) is 0. The first-order valence-electron chi connectivity index (χ1n) is 9.57. The molecule has 0 aromatic rings. The van der Waals surface area contributed by atoms with E-state index in [4.69, 9.17) is 9.84 Å². The van der Waals surface area contributed by atoms with Crippen molar-refractivity contribution in [1.82, 2.24) is 9.80 Å². The van der Waals surface area contributed by atoms with E-state index in [1.807, 2.05) is 0 Å². The molecule has 3 aliphatic rings. The summed E-state index contributed by atoms with van der Waals surface area (Å²) >= 11 is 0. The van der Waals surface area contributed by atoms with Gasteiger partial charge in [-0.15, -0.1) is 0 Å². The highest BCUT2D eigenvalue weighted by molar-refractivity contribution is 5.70. The fourth-order valence-electron chi connectivity index (χ4n) is 4.31. The Morgan fingerprint density at radius 1 is 0.957 bits per heavy atom. The van der Waals surface area contributed by atoms with Gasteiger partial charge in [-0.3, -0.25) is 14.6 Å². The number of carboxylic acid groups (broad SMARTS) is 1. The molecular weight excluding hydrogens is 292 g/mol. The van der Waals surface area contributed by atoms with Gasteiger partial charge in [-0.2, -0.15) is 0 Å². The number of carbonyl (C=O) groups is 1. The first-order valence-corrected chi connectivity index (χ1v) is 9.57. The summed E-state index contributed by atoms with van der Waals surface area (Å²) in [5, 5.41) is 9.14. The Morgan fingerprint density at radius 2 is 1.57 bits per heavy atom. The monoisotopic (exact) mass is 324 g/mol. The number of rotatable bonds is 6. The van der Waals surface area contributed by atoms with Crippen LogP contribution in [0.2, 0.25) is 0 Å². The molecule has 23 heavy (non-hydrogen) atoms. The van der Waals surface area contributed by atoms with Crippen LogP contribution in [0.4, 0.5) is 0 Å². The van der Waals surface area contributed by atoms with Gasteiger partial charge in [0.05, 0.1) is 12.0 Å². The van der Waals surface area contributed by atoms with E-state index in [1.165, 1.54) is 45.2 Å². The molecule has 0 aromatic heterocycles. The first-order chi connectivity index (χ1) is 11.2. The number of ether oxygens (including phenoxy) is 1. The highest BCUT2D eigenvalue weighted by Gasteiger charge is 2.31. The van der Waals surface area contributed by atoms with Crippen molar-refractivity contribution in [2.75, 3.05) is 32.7 Å². The molecule has 5 heteroatoms. The van der Waals surface area contributed by atoms with Crippen LogP contribution in [-0.4, -0.2) is 65.9 Å². The van der Waals surface area contributed by atoms with Gasteiger partial charge < -0.3 is 9.84 Å². The van der Waals surface area contributed by atoms with Gasteiger partial charge in [0, 0.05) is 19.6 Å². The molecule has 2 heterocycles. The van der Waals surface area contributed by atoms with E-state index in [0.29, 0.717) is 0 Å². The zero-order chi connectivity index (χ0) is 16.1. The molecule has 132 valence electrons. The lowest BCUT2D eigenvalue weighted by atomic mass is 9.87. The molecular formula is C18H32N2O3. The number of carboxylic acids is 1. The van der Waals surface area contributed by atoms with Gasteiger partial charge in [-0.25, -0.2) is 0 Å². The van der Waals surface area contributed by atoms with Crippen LogP contribution in [0.3, 0.4) is 0 Å².